The van der Waals surface area contributed by atoms with Gasteiger partial charge in [0.2, 0.25) is 5.91 Å². The number of aryl methyl sites for hydroxylation is 1. The van der Waals surface area contributed by atoms with Crippen molar-refractivity contribution in [2.24, 2.45) is 0 Å². The summed E-state index contributed by atoms with van der Waals surface area (Å²) >= 11 is 0. The Morgan fingerprint density at radius 2 is 1.52 bits per heavy atom. The van der Waals surface area contributed by atoms with Crippen molar-refractivity contribution in [1.29, 1.82) is 0 Å². The predicted molar refractivity (Wildman–Crippen MR) is 97.6 cm³/mol. The molecule has 2 aromatic carbocycles. The fourth-order valence-electron chi connectivity index (χ4n) is 2.78. The first-order valence-electron chi connectivity index (χ1n) is 8.47. The molecule has 1 atom stereocenters. The van der Waals surface area contributed by atoms with Gasteiger partial charge in [-0.1, -0.05) is 67.4 Å². The number of unbranched alkanes of at least 4 members (excludes halogenated alkanes) is 1. The lowest BCUT2D eigenvalue weighted by Gasteiger charge is -2.12. The summed E-state index contributed by atoms with van der Waals surface area (Å²) < 4.78 is 0. The van der Waals surface area contributed by atoms with Gasteiger partial charge in [0.05, 0.1) is 0 Å². The van der Waals surface area contributed by atoms with E-state index in [0.29, 0.717) is 12.3 Å². The van der Waals surface area contributed by atoms with Crippen LogP contribution in [0.2, 0.25) is 0 Å². The molecular weight excluding hydrogens is 282 g/mol. The molecule has 0 aliphatic carbocycles. The molecule has 1 unspecified atom stereocenters. The molecular formula is C21H27NO. The molecule has 1 N–H and O–H groups in total. The zero-order valence-corrected chi connectivity index (χ0v) is 14.4. The lowest BCUT2D eigenvalue weighted by Crippen LogP contribution is -2.16. The molecule has 0 spiro atoms. The van der Waals surface area contributed by atoms with Gasteiger partial charge in [0.25, 0.3) is 0 Å². The largest absolute Gasteiger partial charge is 0.359 e. The van der Waals surface area contributed by atoms with E-state index in [4.69, 9.17) is 0 Å². The molecule has 2 aromatic rings. The molecule has 2 rings (SSSR count). The third-order valence-corrected chi connectivity index (χ3v) is 4.43. The summed E-state index contributed by atoms with van der Waals surface area (Å²) in [4.78, 5) is 11.2. The molecule has 0 saturated carbocycles. The summed E-state index contributed by atoms with van der Waals surface area (Å²) in [6.45, 7) is 4.37. The SMILES string of the molecule is CNC(=O)CCCCC(C)c1ccc(-c2ccc(C)cc2)cc1. The van der Waals surface area contributed by atoms with Crippen molar-refractivity contribution >= 4 is 5.91 Å². The summed E-state index contributed by atoms with van der Waals surface area (Å²) in [5.74, 6) is 0.673. The molecule has 0 bridgehead atoms. The highest BCUT2D eigenvalue weighted by molar-refractivity contribution is 5.75. The van der Waals surface area contributed by atoms with Crippen LogP contribution in [0.1, 0.15) is 49.7 Å². The Kier molecular flexibility index (Phi) is 6.40. The summed E-state index contributed by atoms with van der Waals surface area (Å²) in [5.41, 5.74) is 5.19. The van der Waals surface area contributed by atoms with Crippen LogP contribution in [-0.2, 0) is 4.79 Å². The zero-order valence-electron chi connectivity index (χ0n) is 14.4. The molecule has 2 nitrogen and oxygen atoms in total. The van der Waals surface area contributed by atoms with Crippen molar-refractivity contribution < 1.29 is 4.79 Å². The van der Waals surface area contributed by atoms with E-state index in [2.05, 4.69) is 67.7 Å². The van der Waals surface area contributed by atoms with Crippen LogP contribution in [0.5, 0.6) is 0 Å². The molecule has 0 saturated heterocycles. The zero-order chi connectivity index (χ0) is 16.7. The summed E-state index contributed by atoms with van der Waals surface area (Å²) in [5, 5.41) is 2.67. The second-order valence-electron chi connectivity index (χ2n) is 6.31. The number of hydrogen-bond acceptors (Lipinski definition) is 1. The molecule has 23 heavy (non-hydrogen) atoms. The third kappa shape index (κ3) is 5.24. The first-order chi connectivity index (χ1) is 11.1. The van der Waals surface area contributed by atoms with E-state index in [0.717, 1.165) is 19.3 Å². The molecule has 0 radical (unpaired) electrons. The quantitative estimate of drug-likeness (QED) is 0.711. The second-order valence-corrected chi connectivity index (χ2v) is 6.31. The Labute approximate surface area is 139 Å². The van der Waals surface area contributed by atoms with Crippen LogP contribution in [0.4, 0.5) is 0 Å². The Hall–Kier alpha value is -2.09. The minimum atomic E-state index is 0.139. The number of carbonyl (C=O) groups excluding carboxylic acids is 1. The monoisotopic (exact) mass is 309 g/mol. The summed E-state index contributed by atoms with van der Waals surface area (Å²) in [6, 6.07) is 17.5. The Bertz CT molecular complexity index is 613. The first kappa shape index (κ1) is 17.3. The molecule has 1 amide bonds. The number of carbonyl (C=O) groups is 1. The molecule has 0 heterocycles. The van der Waals surface area contributed by atoms with E-state index in [1.807, 2.05) is 0 Å². The van der Waals surface area contributed by atoms with Gasteiger partial charge in [0.15, 0.2) is 0 Å². The highest BCUT2D eigenvalue weighted by atomic mass is 16.1. The smallest absolute Gasteiger partial charge is 0.219 e. The normalized spacial score (nSPS) is 12.0. The van der Waals surface area contributed by atoms with Gasteiger partial charge in [-0.25, -0.2) is 0 Å². The fraction of sp³-hybridized carbons (Fsp3) is 0.381. The molecule has 0 aromatic heterocycles. The maximum absolute atomic E-state index is 11.2. The van der Waals surface area contributed by atoms with Crippen LogP contribution in [0.3, 0.4) is 0 Å². The molecule has 122 valence electrons. The van der Waals surface area contributed by atoms with Crippen molar-refractivity contribution in [2.75, 3.05) is 7.05 Å². The van der Waals surface area contributed by atoms with Crippen LogP contribution < -0.4 is 5.32 Å². The lowest BCUT2D eigenvalue weighted by molar-refractivity contribution is -0.120. The Morgan fingerprint density at radius 3 is 2.09 bits per heavy atom. The van der Waals surface area contributed by atoms with Gasteiger partial charge in [-0.2, -0.15) is 0 Å². The Morgan fingerprint density at radius 1 is 0.957 bits per heavy atom. The van der Waals surface area contributed by atoms with Crippen molar-refractivity contribution in [3.8, 4) is 11.1 Å². The van der Waals surface area contributed by atoms with Crippen molar-refractivity contribution in [3.63, 3.8) is 0 Å². The van der Waals surface area contributed by atoms with E-state index >= 15 is 0 Å². The fourth-order valence-corrected chi connectivity index (χ4v) is 2.78. The van der Waals surface area contributed by atoms with Gasteiger partial charge in [-0.3, -0.25) is 4.79 Å². The van der Waals surface area contributed by atoms with Crippen molar-refractivity contribution in [2.45, 2.75) is 45.4 Å². The maximum Gasteiger partial charge on any atom is 0.219 e. The van der Waals surface area contributed by atoms with E-state index in [9.17, 15) is 4.79 Å². The van der Waals surface area contributed by atoms with Crippen LogP contribution in [0.25, 0.3) is 11.1 Å². The number of benzene rings is 2. The van der Waals surface area contributed by atoms with E-state index in [-0.39, 0.29) is 5.91 Å². The number of amides is 1. The molecule has 2 heteroatoms. The van der Waals surface area contributed by atoms with Crippen molar-refractivity contribution in [1.82, 2.24) is 5.32 Å². The van der Waals surface area contributed by atoms with Gasteiger partial charge in [-0.05, 0) is 42.4 Å². The number of nitrogens with one attached hydrogen (secondary N) is 1. The van der Waals surface area contributed by atoms with Gasteiger partial charge in [0.1, 0.15) is 0 Å². The van der Waals surface area contributed by atoms with Gasteiger partial charge in [-0.15, -0.1) is 0 Å². The van der Waals surface area contributed by atoms with E-state index in [1.54, 1.807) is 7.05 Å². The minimum absolute atomic E-state index is 0.139. The third-order valence-electron chi connectivity index (χ3n) is 4.43. The van der Waals surface area contributed by atoms with Gasteiger partial charge >= 0.3 is 0 Å². The standard InChI is InChI=1S/C21H27NO/c1-16-8-10-19(11-9-16)20-14-12-18(13-15-20)17(2)6-4-5-7-21(23)22-3/h8-15,17H,4-7H2,1-3H3,(H,22,23). The highest BCUT2D eigenvalue weighted by Gasteiger charge is 2.07. The van der Waals surface area contributed by atoms with Gasteiger partial charge < -0.3 is 5.32 Å². The topological polar surface area (TPSA) is 29.1 Å². The number of rotatable bonds is 7. The number of hydrogen-bond donors (Lipinski definition) is 1. The van der Waals surface area contributed by atoms with E-state index in [1.165, 1.54) is 22.3 Å². The summed E-state index contributed by atoms with van der Waals surface area (Å²) in [7, 11) is 1.70. The minimum Gasteiger partial charge on any atom is -0.359 e. The van der Waals surface area contributed by atoms with Crippen LogP contribution in [0, 0.1) is 6.92 Å². The van der Waals surface area contributed by atoms with Gasteiger partial charge in [0, 0.05) is 13.5 Å². The first-order valence-corrected chi connectivity index (χ1v) is 8.47. The highest BCUT2D eigenvalue weighted by Crippen LogP contribution is 2.26. The Balaban J connectivity index is 1.88. The van der Waals surface area contributed by atoms with Crippen LogP contribution in [0.15, 0.2) is 48.5 Å². The van der Waals surface area contributed by atoms with Crippen LogP contribution >= 0.6 is 0 Å². The van der Waals surface area contributed by atoms with E-state index < -0.39 is 0 Å². The predicted octanol–water partition coefficient (Wildman–Crippen LogP) is 5.07. The molecule has 0 aliphatic rings. The lowest BCUT2D eigenvalue weighted by atomic mass is 9.93. The van der Waals surface area contributed by atoms with Crippen LogP contribution in [-0.4, -0.2) is 13.0 Å². The molecule has 0 aliphatic heterocycles. The average Bonchev–Trinajstić information content (AvgIpc) is 2.59. The second kappa shape index (κ2) is 8.52. The summed E-state index contributed by atoms with van der Waals surface area (Å²) in [6.07, 6.45) is 3.82. The average molecular weight is 309 g/mol. The maximum atomic E-state index is 11.2. The van der Waals surface area contributed by atoms with Crippen molar-refractivity contribution in [3.05, 3.63) is 59.7 Å². The molecule has 0 fully saturated rings.